The van der Waals surface area contributed by atoms with Crippen molar-refractivity contribution in [2.75, 3.05) is 11.4 Å². The van der Waals surface area contributed by atoms with Gasteiger partial charge in [-0.1, -0.05) is 20.8 Å². The van der Waals surface area contributed by atoms with Gasteiger partial charge in [-0.15, -0.1) is 5.10 Å². The van der Waals surface area contributed by atoms with E-state index in [1.165, 1.54) is 12.8 Å². The van der Waals surface area contributed by atoms with Crippen LogP contribution >= 0.6 is 0 Å². The average Bonchev–Trinajstić information content (AvgIpc) is 2.37. The zero-order valence-corrected chi connectivity index (χ0v) is 12.6. The highest BCUT2D eigenvalue weighted by Gasteiger charge is 2.23. The van der Waals surface area contributed by atoms with Crippen molar-refractivity contribution in [3.8, 4) is 0 Å². The molecule has 0 saturated carbocycles. The Hall–Kier alpha value is -1.16. The largest absolute Gasteiger partial charge is 0.352 e. The van der Waals surface area contributed by atoms with Gasteiger partial charge in [0.15, 0.2) is 5.82 Å². The summed E-state index contributed by atoms with van der Waals surface area (Å²) in [4.78, 5) is 2.38. The van der Waals surface area contributed by atoms with E-state index in [0.29, 0.717) is 12.1 Å². The Bertz CT molecular complexity index is 388. The Labute approximate surface area is 116 Å². The van der Waals surface area contributed by atoms with Gasteiger partial charge in [0.2, 0.25) is 0 Å². The minimum Gasteiger partial charge on any atom is -0.352 e. The molecule has 0 aliphatic carbocycles. The third kappa shape index (κ3) is 3.90. The third-order valence-corrected chi connectivity index (χ3v) is 3.83. The lowest BCUT2D eigenvalue weighted by molar-refractivity contribution is 0.375. The monoisotopic (exact) mass is 262 g/mol. The normalized spacial score (nSPS) is 23.9. The number of nitrogens with one attached hydrogen (secondary N) is 1. The molecule has 1 N–H and O–H groups in total. The Kier molecular flexibility index (Phi) is 4.75. The van der Waals surface area contributed by atoms with Gasteiger partial charge in [-0.3, -0.25) is 0 Å². The fourth-order valence-corrected chi connectivity index (χ4v) is 2.66. The second-order valence-corrected chi connectivity index (χ2v) is 6.09. The molecular weight excluding hydrogens is 236 g/mol. The van der Waals surface area contributed by atoms with Crippen LogP contribution in [-0.2, 0) is 6.54 Å². The van der Waals surface area contributed by atoms with E-state index in [4.69, 9.17) is 0 Å². The summed E-state index contributed by atoms with van der Waals surface area (Å²) in [5.74, 6) is 1.85. The van der Waals surface area contributed by atoms with E-state index in [2.05, 4.69) is 60.2 Å². The van der Waals surface area contributed by atoms with Crippen molar-refractivity contribution < 1.29 is 0 Å². The first-order valence-corrected chi connectivity index (χ1v) is 7.39. The molecule has 1 aromatic heterocycles. The van der Waals surface area contributed by atoms with Crippen molar-refractivity contribution in [2.24, 2.45) is 5.92 Å². The molecule has 1 saturated heterocycles. The average molecular weight is 262 g/mol. The van der Waals surface area contributed by atoms with Crippen LogP contribution in [-0.4, -0.2) is 28.8 Å². The lowest BCUT2D eigenvalue weighted by atomic mass is 9.93. The highest BCUT2D eigenvalue weighted by atomic mass is 15.3. The third-order valence-electron chi connectivity index (χ3n) is 3.83. The number of rotatable bonds is 4. The summed E-state index contributed by atoms with van der Waals surface area (Å²) in [5, 5.41) is 12.1. The molecule has 19 heavy (non-hydrogen) atoms. The number of nitrogens with zero attached hydrogens (tertiary/aromatic N) is 3. The van der Waals surface area contributed by atoms with Crippen molar-refractivity contribution in [1.29, 1.82) is 0 Å². The topological polar surface area (TPSA) is 41.0 Å². The van der Waals surface area contributed by atoms with Crippen molar-refractivity contribution in [2.45, 2.75) is 59.2 Å². The van der Waals surface area contributed by atoms with E-state index in [-0.39, 0.29) is 0 Å². The maximum atomic E-state index is 4.39. The maximum absolute atomic E-state index is 4.39. The zero-order valence-electron chi connectivity index (χ0n) is 12.6. The molecule has 4 heteroatoms. The molecule has 0 spiro atoms. The summed E-state index contributed by atoms with van der Waals surface area (Å²) in [6.45, 7) is 10.8. The van der Waals surface area contributed by atoms with Gasteiger partial charge in [-0.25, -0.2) is 0 Å². The fraction of sp³-hybridized carbons (Fsp3) is 0.733. The first-order valence-electron chi connectivity index (χ1n) is 7.39. The Morgan fingerprint density at radius 2 is 2.11 bits per heavy atom. The van der Waals surface area contributed by atoms with E-state index in [9.17, 15) is 0 Å². The fourth-order valence-electron chi connectivity index (χ4n) is 2.66. The van der Waals surface area contributed by atoms with Crippen LogP contribution in [0.4, 0.5) is 5.82 Å². The van der Waals surface area contributed by atoms with Crippen LogP contribution in [0.25, 0.3) is 0 Å². The van der Waals surface area contributed by atoms with Crippen LogP contribution in [0.3, 0.4) is 0 Å². The van der Waals surface area contributed by atoms with E-state index in [0.717, 1.165) is 30.5 Å². The highest BCUT2D eigenvalue weighted by Crippen LogP contribution is 2.25. The minimum absolute atomic E-state index is 0.477. The van der Waals surface area contributed by atoms with E-state index in [1.807, 2.05) is 0 Å². The number of hydrogen-bond acceptors (Lipinski definition) is 4. The predicted octanol–water partition coefficient (Wildman–Crippen LogP) is 2.60. The molecule has 2 unspecified atom stereocenters. The second-order valence-electron chi connectivity index (χ2n) is 6.09. The van der Waals surface area contributed by atoms with E-state index in [1.54, 1.807) is 0 Å². The number of anilines is 1. The molecule has 0 bridgehead atoms. The summed E-state index contributed by atoms with van der Waals surface area (Å²) in [6.07, 6.45) is 2.50. The molecule has 2 atom stereocenters. The molecular formula is C15H26N4. The molecule has 0 amide bonds. The summed E-state index contributed by atoms with van der Waals surface area (Å²) < 4.78 is 0. The lowest BCUT2D eigenvalue weighted by Crippen LogP contribution is -2.40. The van der Waals surface area contributed by atoms with Crippen LogP contribution in [0.1, 0.15) is 46.2 Å². The second kappa shape index (κ2) is 6.33. The summed E-state index contributed by atoms with van der Waals surface area (Å²) >= 11 is 0. The summed E-state index contributed by atoms with van der Waals surface area (Å²) in [6, 6.07) is 5.24. The van der Waals surface area contributed by atoms with Crippen LogP contribution < -0.4 is 10.2 Å². The smallest absolute Gasteiger partial charge is 0.151 e. The van der Waals surface area contributed by atoms with Crippen LogP contribution in [0.15, 0.2) is 12.1 Å². The molecule has 0 radical (unpaired) electrons. The standard InChI is InChI=1S/C15H26N4/c1-11(2)16-10-14-5-6-15(18-17-14)19-8-7-12(3)9-13(19)4/h5-6,11-13,16H,7-10H2,1-4H3. The first kappa shape index (κ1) is 14.3. The van der Waals surface area contributed by atoms with E-state index < -0.39 is 0 Å². The van der Waals surface area contributed by atoms with Gasteiger partial charge in [0.05, 0.1) is 5.69 Å². The van der Waals surface area contributed by atoms with Crippen molar-refractivity contribution in [1.82, 2.24) is 15.5 Å². The molecule has 2 rings (SSSR count). The molecule has 0 aromatic carbocycles. The molecule has 1 aliphatic rings. The first-order chi connectivity index (χ1) is 9.06. The maximum Gasteiger partial charge on any atom is 0.151 e. The number of hydrogen-bond donors (Lipinski definition) is 1. The molecule has 4 nitrogen and oxygen atoms in total. The quantitative estimate of drug-likeness (QED) is 0.905. The Morgan fingerprint density at radius 1 is 1.32 bits per heavy atom. The number of piperidine rings is 1. The summed E-state index contributed by atoms with van der Waals surface area (Å²) in [5.41, 5.74) is 1.01. The molecule has 1 aromatic rings. The van der Waals surface area contributed by atoms with Gasteiger partial charge < -0.3 is 10.2 Å². The number of aromatic nitrogens is 2. The summed E-state index contributed by atoms with van der Waals surface area (Å²) in [7, 11) is 0. The Morgan fingerprint density at radius 3 is 2.68 bits per heavy atom. The van der Waals surface area contributed by atoms with Crippen LogP contribution in [0.5, 0.6) is 0 Å². The van der Waals surface area contributed by atoms with Crippen LogP contribution in [0, 0.1) is 5.92 Å². The van der Waals surface area contributed by atoms with Crippen LogP contribution in [0.2, 0.25) is 0 Å². The van der Waals surface area contributed by atoms with Crippen molar-refractivity contribution in [3.05, 3.63) is 17.8 Å². The minimum atomic E-state index is 0.477. The van der Waals surface area contributed by atoms with Crippen molar-refractivity contribution in [3.63, 3.8) is 0 Å². The Balaban J connectivity index is 1.98. The SMILES string of the molecule is CC1CCN(c2ccc(CNC(C)C)nn2)C(C)C1. The van der Waals surface area contributed by atoms with Crippen molar-refractivity contribution >= 4 is 5.82 Å². The molecule has 1 fully saturated rings. The highest BCUT2D eigenvalue weighted by molar-refractivity contribution is 5.39. The van der Waals surface area contributed by atoms with Gasteiger partial charge in [-0.05, 0) is 37.8 Å². The van der Waals surface area contributed by atoms with Gasteiger partial charge in [0, 0.05) is 25.2 Å². The van der Waals surface area contributed by atoms with Gasteiger partial charge in [-0.2, -0.15) is 5.10 Å². The molecule has 106 valence electrons. The molecule has 2 heterocycles. The van der Waals surface area contributed by atoms with Gasteiger partial charge in [0.25, 0.3) is 0 Å². The van der Waals surface area contributed by atoms with E-state index >= 15 is 0 Å². The molecule has 1 aliphatic heterocycles. The van der Waals surface area contributed by atoms with Gasteiger partial charge in [0.1, 0.15) is 0 Å². The predicted molar refractivity (Wildman–Crippen MR) is 79.2 cm³/mol. The van der Waals surface area contributed by atoms with Gasteiger partial charge >= 0.3 is 0 Å². The zero-order chi connectivity index (χ0) is 13.8. The lowest BCUT2D eigenvalue weighted by Gasteiger charge is -2.37.